The van der Waals surface area contributed by atoms with Gasteiger partial charge in [0.15, 0.2) is 11.2 Å². The molecule has 0 atom stereocenters. The number of hydrogen-bond donors (Lipinski definition) is 1. The van der Waals surface area contributed by atoms with Crippen LogP contribution < -0.4 is 10.9 Å². The second-order valence-electron chi connectivity index (χ2n) is 6.49. The van der Waals surface area contributed by atoms with E-state index in [4.69, 9.17) is 11.6 Å². The Morgan fingerprint density at radius 2 is 1.79 bits per heavy atom. The average molecular weight is 409 g/mol. The summed E-state index contributed by atoms with van der Waals surface area (Å²) in [6.07, 6.45) is 1.34. The van der Waals surface area contributed by atoms with Crippen LogP contribution in [-0.2, 0) is 24.4 Å². The first-order valence-corrected chi connectivity index (χ1v) is 9.31. The molecule has 4 rings (SSSR count). The molecule has 0 aliphatic rings. The molecule has 8 nitrogen and oxygen atoms in total. The van der Waals surface area contributed by atoms with Crippen molar-refractivity contribution in [1.29, 1.82) is 0 Å². The maximum absolute atomic E-state index is 12.7. The maximum Gasteiger partial charge on any atom is 0.283 e. The molecule has 0 bridgehead atoms. The highest BCUT2D eigenvalue weighted by atomic mass is 35.5. The Hall–Kier alpha value is -3.52. The van der Waals surface area contributed by atoms with Gasteiger partial charge in [0.25, 0.3) is 5.56 Å². The van der Waals surface area contributed by atoms with Gasteiger partial charge in [-0.3, -0.25) is 14.2 Å². The molecular weight excluding hydrogens is 392 g/mol. The molecule has 2 heterocycles. The number of rotatable bonds is 6. The molecule has 2 aromatic heterocycles. The second-order valence-corrected chi connectivity index (χ2v) is 6.92. The van der Waals surface area contributed by atoms with Crippen molar-refractivity contribution in [3.05, 3.63) is 87.4 Å². The predicted octanol–water partition coefficient (Wildman–Crippen LogP) is 2.01. The minimum atomic E-state index is -0.410. The molecule has 0 radical (unpaired) electrons. The summed E-state index contributed by atoms with van der Waals surface area (Å²) in [7, 11) is 0. The topological polar surface area (TPSA) is 94.7 Å². The van der Waals surface area contributed by atoms with Crippen LogP contribution in [0.4, 0.5) is 0 Å². The van der Waals surface area contributed by atoms with Crippen LogP contribution in [0, 0.1) is 0 Å². The van der Waals surface area contributed by atoms with Gasteiger partial charge >= 0.3 is 0 Å². The normalized spacial score (nSPS) is 10.9. The van der Waals surface area contributed by atoms with Gasteiger partial charge in [-0.2, -0.15) is 0 Å². The predicted molar refractivity (Wildman–Crippen MR) is 108 cm³/mol. The summed E-state index contributed by atoms with van der Waals surface area (Å²) in [6.45, 7) is 0.654. The number of benzene rings is 2. The molecular formula is C20H17ClN6O2. The van der Waals surface area contributed by atoms with Crippen molar-refractivity contribution in [2.24, 2.45) is 0 Å². The molecule has 146 valence electrons. The number of nitrogens with one attached hydrogen (secondary N) is 1. The standard InChI is InChI=1S/C20H17ClN6O2/c21-16-8-6-15(7-9-16)11-27-19-18(24-25-27)20(29)26(13-23-19)12-17(28)22-10-14-4-2-1-3-5-14/h1-9,13H,10-12H2,(H,22,28). The van der Waals surface area contributed by atoms with Gasteiger partial charge in [-0.1, -0.05) is 59.3 Å². The van der Waals surface area contributed by atoms with Crippen molar-refractivity contribution in [2.75, 3.05) is 0 Å². The van der Waals surface area contributed by atoms with Crippen molar-refractivity contribution in [3.8, 4) is 0 Å². The van der Waals surface area contributed by atoms with Crippen LogP contribution in [0.5, 0.6) is 0 Å². The SMILES string of the molecule is O=C(Cn1cnc2c(nnn2Cc2ccc(Cl)cc2)c1=O)NCc1ccccc1. The molecule has 0 saturated carbocycles. The molecule has 2 aromatic carbocycles. The Labute approximate surface area is 170 Å². The van der Waals surface area contributed by atoms with Crippen LogP contribution in [0.1, 0.15) is 11.1 Å². The summed E-state index contributed by atoms with van der Waals surface area (Å²) in [6, 6.07) is 16.8. The fourth-order valence-electron chi connectivity index (χ4n) is 2.88. The Bertz CT molecular complexity index is 1200. The van der Waals surface area contributed by atoms with Crippen molar-refractivity contribution in [1.82, 2.24) is 29.9 Å². The first kappa shape index (κ1) is 18.8. The Morgan fingerprint density at radius 3 is 2.55 bits per heavy atom. The number of halogens is 1. The number of hydrogen-bond acceptors (Lipinski definition) is 5. The number of amides is 1. The van der Waals surface area contributed by atoms with Gasteiger partial charge in [0.2, 0.25) is 5.91 Å². The molecule has 0 fully saturated rings. The van der Waals surface area contributed by atoms with Gasteiger partial charge in [0.1, 0.15) is 12.9 Å². The largest absolute Gasteiger partial charge is 0.350 e. The summed E-state index contributed by atoms with van der Waals surface area (Å²) >= 11 is 5.90. The lowest BCUT2D eigenvalue weighted by Crippen LogP contribution is -2.32. The highest BCUT2D eigenvalue weighted by molar-refractivity contribution is 6.30. The number of carbonyl (C=O) groups excluding carboxylic acids is 1. The zero-order valence-electron chi connectivity index (χ0n) is 15.3. The van der Waals surface area contributed by atoms with E-state index in [0.717, 1.165) is 11.1 Å². The van der Waals surface area contributed by atoms with Crippen molar-refractivity contribution in [2.45, 2.75) is 19.6 Å². The third-order valence-electron chi connectivity index (χ3n) is 4.38. The third-order valence-corrected chi connectivity index (χ3v) is 4.64. The lowest BCUT2D eigenvalue weighted by Gasteiger charge is -2.07. The first-order valence-electron chi connectivity index (χ1n) is 8.94. The number of aromatic nitrogens is 5. The quantitative estimate of drug-likeness (QED) is 0.526. The molecule has 1 amide bonds. The van der Waals surface area contributed by atoms with Crippen LogP contribution in [-0.4, -0.2) is 30.5 Å². The van der Waals surface area contributed by atoms with E-state index in [1.165, 1.54) is 10.9 Å². The Morgan fingerprint density at radius 1 is 1.03 bits per heavy atom. The Balaban J connectivity index is 1.48. The van der Waals surface area contributed by atoms with Crippen LogP contribution in [0.25, 0.3) is 11.2 Å². The molecule has 0 spiro atoms. The third kappa shape index (κ3) is 4.33. The van der Waals surface area contributed by atoms with E-state index in [2.05, 4.69) is 20.6 Å². The molecule has 1 N–H and O–H groups in total. The van der Waals surface area contributed by atoms with E-state index < -0.39 is 5.56 Å². The summed E-state index contributed by atoms with van der Waals surface area (Å²) in [5, 5.41) is 11.4. The fraction of sp³-hybridized carbons (Fsp3) is 0.150. The van der Waals surface area contributed by atoms with Gasteiger partial charge in [0.05, 0.1) is 6.54 Å². The molecule has 0 aliphatic heterocycles. The fourth-order valence-corrected chi connectivity index (χ4v) is 3.00. The summed E-state index contributed by atoms with van der Waals surface area (Å²) in [4.78, 5) is 29.1. The minimum Gasteiger partial charge on any atom is -0.350 e. The van der Waals surface area contributed by atoms with E-state index >= 15 is 0 Å². The molecule has 4 aromatic rings. The summed E-state index contributed by atoms with van der Waals surface area (Å²) in [5.74, 6) is -0.286. The smallest absolute Gasteiger partial charge is 0.283 e. The molecule has 0 unspecified atom stereocenters. The molecule has 29 heavy (non-hydrogen) atoms. The van der Waals surface area contributed by atoms with Crippen molar-refractivity contribution in [3.63, 3.8) is 0 Å². The van der Waals surface area contributed by atoms with E-state index in [9.17, 15) is 9.59 Å². The number of nitrogens with zero attached hydrogens (tertiary/aromatic N) is 5. The van der Waals surface area contributed by atoms with Gasteiger partial charge in [-0.05, 0) is 23.3 Å². The molecule has 0 aliphatic carbocycles. The minimum absolute atomic E-state index is 0.123. The van der Waals surface area contributed by atoms with Crippen molar-refractivity contribution < 1.29 is 4.79 Å². The van der Waals surface area contributed by atoms with E-state index in [1.807, 2.05) is 42.5 Å². The van der Waals surface area contributed by atoms with Gasteiger partial charge in [-0.25, -0.2) is 9.67 Å². The van der Waals surface area contributed by atoms with Gasteiger partial charge in [0, 0.05) is 11.6 Å². The highest BCUT2D eigenvalue weighted by Gasteiger charge is 2.14. The second kappa shape index (κ2) is 8.24. The Kier molecular flexibility index (Phi) is 5.35. The first-order chi connectivity index (χ1) is 14.1. The van der Waals surface area contributed by atoms with E-state index in [1.54, 1.807) is 16.8 Å². The van der Waals surface area contributed by atoms with E-state index in [-0.39, 0.29) is 18.0 Å². The zero-order valence-corrected chi connectivity index (χ0v) is 16.1. The highest BCUT2D eigenvalue weighted by Crippen LogP contribution is 2.12. The van der Waals surface area contributed by atoms with Gasteiger partial charge in [-0.15, -0.1) is 5.10 Å². The van der Waals surface area contributed by atoms with Crippen LogP contribution in [0.15, 0.2) is 65.7 Å². The summed E-state index contributed by atoms with van der Waals surface area (Å²) in [5.41, 5.74) is 2.01. The lowest BCUT2D eigenvalue weighted by atomic mass is 10.2. The monoisotopic (exact) mass is 408 g/mol. The van der Waals surface area contributed by atoms with Crippen molar-refractivity contribution >= 4 is 28.7 Å². The summed E-state index contributed by atoms with van der Waals surface area (Å²) < 4.78 is 2.77. The van der Waals surface area contributed by atoms with Gasteiger partial charge < -0.3 is 5.32 Å². The average Bonchev–Trinajstić information content (AvgIpc) is 3.14. The van der Waals surface area contributed by atoms with Crippen LogP contribution >= 0.6 is 11.6 Å². The van der Waals surface area contributed by atoms with E-state index in [0.29, 0.717) is 23.8 Å². The van der Waals surface area contributed by atoms with Crippen LogP contribution in [0.2, 0.25) is 5.02 Å². The lowest BCUT2D eigenvalue weighted by molar-refractivity contribution is -0.121. The maximum atomic E-state index is 12.7. The molecule has 0 saturated heterocycles. The molecule has 9 heteroatoms. The number of fused-ring (bicyclic) bond motifs is 1. The number of carbonyl (C=O) groups is 1. The zero-order chi connectivity index (χ0) is 20.2. The van der Waals surface area contributed by atoms with Crippen LogP contribution in [0.3, 0.4) is 0 Å².